The molecule has 3 heterocycles. The van der Waals surface area contributed by atoms with Crippen LogP contribution in [0.4, 0.5) is 5.82 Å². The van der Waals surface area contributed by atoms with Crippen molar-refractivity contribution in [3.05, 3.63) is 82.2 Å². The van der Waals surface area contributed by atoms with Gasteiger partial charge in [-0.2, -0.15) is 15.6 Å². The van der Waals surface area contributed by atoms with Gasteiger partial charge in [0.25, 0.3) is 0 Å². The second-order valence-electron chi connectivity index (χ2n) is 6.03. The molecule has 7 heteroatoms. The highest BCUT2D eigenvalue weighted by Gasteiger charge is 2.23. The molecule has 0 radical (unpaired) electrons. The molecule has 4 rings (SSSR count). The normalized spacial score (nSPS) is 10.4. The lowest BCUT2D eigenvalue weighted by atomic mass is 9.95. The summed E-state index contributed by atoms with van der Waals surface area (Å²) in [4.78, 5) is 4.12. The number of benzene rings is 1. The Morgan fingerprint density at radius 3 is 2.46 bits per heavy atom. The average Bonchev–Trinajstić information content (AvgIpc) is 3.14. The maximum absolute atomic E-state index is 9.98. The quantitative estimate of drug-likeness (QED) is 0.516. The molecule has 0 aliphatic carbocycles. The number of nitrogens with one attached hydrogen (secondary N) is 1. The Bertz CT molecular complexity index is 1230. The molecule has 1 aromatic carbocycles. The van der Waals surface area contributed by atoms with Crippen molar-refractivity contribution in [2.24, 2.45) is 0 Å². The van der Waals surface area contributed by atoms with Crippen molar-refractivity contribution in [3.63, 3.8) is 0 Å². The number of hydrogen-bond acceptors (Lipinski definition) is 5. The summed E-state index contributed by atoms with van der Waals surface area (Å²) in [5, 5.41) is 27.5. The lowest BCUT2D eigenvalue weighted by Crippen LogP contribution is -2.10. The molecule has 0 spiro atoms. The number of aromatic nitrogens is 3. The summed E-state index contributed by atoms with van der Waals surface area (Å²) < 4.78 is 2.29. The van der Waals surface area contributed by atoms with Gasteiger partial charge in [-0.15, -0.1) is 0 Å². The third-order valence-electron chi connectivity index (χ3n) is 4.38. The molecule has 28 heavy (non-hydrogen) atoms. The fourth-order valence-corrected chi connectivity index (χ4v) is 3.61. The predicted molar refractivity (Wildman–Crippen MR) is 109 cm³/mol. The molecule has 0 amide bonds. The Kier molecular flexibility index (Phi) is 4.76. The molecule has 0 saturated heterocycles. The van der Waals surface area contributed by atoms with E-state index in [1.165, 1.54) is 0 Å². The summed E-state index contributed by atoms with van der Waals surface area (Å²) >= 11 is 3.49. The van der Waals surface area contributed by atoms with Crippen LogP contribution < -0.4 is 5.32 Å². The Morgan fingerprint density at radius 2 is 1.79 bits per heavy atom. The number of anilines is 1. The summed E-state index contributed by atoms with van der Waals surface area (Å²) in [6.45, 7) is 0.467. The van der Waals surface area contributed by atoms with Crippen LogP contribution in [0.5, 0.6) is 0 Å². The van der Waals surface area contributed by atoms with Gasteiger partial charge in [0, 0.05) is 24.5 Å². The maximum Gasteiger partial charge on any atom is 0.147 e. The predicted octanol–water partition coefficient (Wildman–Crippen LogP) is 4.51. The van der Waals surface area contributed by atoms with E-state index in [1.54, 1.807) is 23.1 Å². The van der Waals surface area contributed by atoms with Crippen LogP contribution in [0, 0.1) is 22.7 Å². The highest BCUT2D eigenvalue weighted by atomic mass is 79.9. The van der Waals surface area contributed by atoms with Gasteiger partial charge in [0.2, 0.25) is 0 Å². The van der Waals surface area contributed by atoms with Crippen LogP contribution in [0.15, 0.2) is 65.5 Å². The van der Waals surface area contributed by atoms with E-state index in [4.69, 9.17) is 0 Å². The fourth-order valence-electron chi connectivity index (χ4n) is 3.15. The van der Waals surface area contributed by atoms with E-state index in [2.05, 4.69) is 43.5 Å². The molecule has 3 aromatic heterocycles. The fraction of sp³-hybridized carbons (Fsp3) is 0.0476. The van der Waals surface area contributed by atoms with Crippen molar-refractivity contribution in [2.45, 2.75) is 6.54 Å². The minimum Gasteiger partial charge on any atom is -0.365 e. The van der Waals surface area contributed by atoms with Crippen molar-refractivity contribution in [1.29, 1.82) is 10.5 Å². The van der Waals surface area contributed by atoms with E-state index in [1.807, 2.05) is 42.5 Å². The summed E-state index contributed by atoms with van der Waals surface area (Å²) in [6, 6.07) is 17.8. The third-order valence-corrected chi connectivity index (χ3v) is 4.96. The van der Waals surface area contributed by atoms with E-state index >= 15 is 0 Å². The molecular weight excluding hydrogens is 416 g/mol. The number of hydrogen-bond donors (Lipinski definition) is 1. The Morgan fingerprint density at radius 1 is 1.00 bits per heavy atom. The van der Waals surface area contributed by atoms with E-state index < -0.39 is 0 Å². The van der Waals surface area contributed by atoms with Crippen LogP contribution in [0.3, 0.4) is 0 Å². The highest BCUT2D eigenvalue weighted by molar-refractivity contribution is 9.10. The number of halogens is 1. The summed E-state index contributed by atoms with van der Waals surface area (Å²) in [5.41, 5.74) is 3.75. The van der Waals surface area contributed by atoms with Crippen LogP contribution in [0.25, 0.3) is 16.6 Å². The van der Waals surface area contributed by atoms with E-state index in [9.17, 15) is 10.5 Å². The standard InChI is InChI=1S/C21H13BrN6/c22-18-13-27-28-20(18)16(9-23)19(15-6-2-1-3-7-15)17(10-24)21(28)26-12-14-5-4-8-25-11-14/h1-8,11,13,26H,12H2. The van der Waals surface area contributed by atoms with E-state index in [-0.39, 0.29) is 0 Å². The van der Waals surface area contributed by atoms with Crippen LogP contribution in [0.2, 0.25) is 0 Å². The molecule has 0 unspecified atom stereocenters. The molecular formula is C21H13BrN6. The van der Waals surface area contributed by atoms with E-state index in [0.29, 0.717) is 39.0 Å². The molecule has 6 nitrogen and oxygen atoms in total. The maximum atomic E-state index is 9.98. The largest absolute Gasteiger partial charge is 0.365 e. The second kappa shape index (κ2) is 7.51. The lowest BCUT2D eigenvalue weighted by molar-refractivity contribution is 0.937. The Hall–Kier alpha value is -3.68. The van der Waals surface area contributed by atoms with Gasteiger partial charge < -0.3 is 5.32 Å². The lowest BCUT2D eigenvalue weighted by Gasteiger charge is -2.16. The smallest absolute Gasteiger partial charge is 0.147 e. The minimum atomic E-state index is 0.370. The van der Waals surface area contributed by atoms with Gasteiger partial charge in [0.05, 0.1) is 16.2 Å². The summed E-state index contributed by atoms with van der Waals surface area (Å²) in [5.74, 6) is 0.532. The van der Waals surface area contributed by atoms with Crippen LogP contribution in [0.1, 0.15) is 16.7 Å². The number of nitrogens with zero attached hydrogens (tertiary/aromatic N) is 5. The first-order valence-corrected chi connectivity index (χ1v) is 9.25. The molecule has 0 saturated carbocycles. The zero-order chi connectivity index (χ0) is 19.5. The van der Waals surface area contributed by atoms with Gasteiger partial charge in [0.1, 0.15) is 29.0 Å². The van der Waals surface area contributed by atoms with Gasteiger partial charge >= 0.3 is 0 Å². The number of rotatable bonds is 4. The summed E-state index contributed by atoms with van der Waals surface area (Å²) in [7, 11) is 0. The van der Waals surface area contributed by atoms with Gasteiger partial charge in [-0.1, -0.05) is 36.4 Å². The van der Waals surface area contributed by atoms with Gasteiger partial charge in [-0.25, -0.2) is 4.52 Å². The average molecular weight is 429 g/mol. The van der Waals surface area contributed by atoms with Crippen molar-refractivity contribution >= 4 is 27.3 Å². The Balaban J connectivity index is 1.99. The molecule has 1 N–H and O–H groups in total. The van der Waals surface area contributed by atoms with Crippen molar-refractivity contribution in [1.82, 2.24) is 14.6 Å². The van der Waals surface area contributed by atoms with Gasteiger partial charge in [-0.3, -0.25) is 4.98 Å². The topological polar surface area (TPSA) is 89.8 Å². The zero-order valence-corrected chi connectivity index (χ0v) is 16.2. The SMILES string of the molecule is N#Cc1c(-c2ccccc2)c(C#N)c2c(Br)cnn2c1NCc1cccnc1. The number of fused-ring (bicyclic) bond motifs is 1. The Labute approximate surface area is 169 Å². The molecule has 4 aromatic rings. The highest BCUT2D eigenvalue weighted by Crippen LogP contribution is 2.37. The van der Waals surface area contributed by atoms with Gasteiger partial charge in [-0.05, 0) is 33.1 Å². The minimum absolute atomic E-state index is 0.370. The monoisotopic (exact) mass is 428 g/mol. The van der Waals surface area contributed by atoms with Gasteiger partial charge in [0.15, 0.2) is 0 Å². The molecule has 0 fully saturated rings. The second-order valence-corrected chi connectivity index (χ2v) is 6.89. The summed E-state index contributed by atoms with van der Waals surface area (Å²) in [6.07, 6.45) is 5.10. The molecule has 0 aliphatic rings. The molecule has 0 bridgehead atoms. The first kappa shape index (κ1) is 17.7. The van der Waals surface area contributed by atoms with E-state index in [0.717, 1.165) is 11.1 Å². The molecule has 0 aliphatic heterocycles. The van der Waals surface area contributed by atoms with Crippen LogP contribution in [-0.4, -0.2) is 14.6 Å². The molecule has 0 atom stereocenters. The number of nitriles is 2. The zero-order valence-electron chi connectivity index (χ0n) is 14.6. The van der Waals surface area contributed by atoms with Crippen molar-refractivity contribution in [3.8, 4) is 23.3 Å². The molecule has 134 valence electrons. The van der Waals surface area contributed by atoms with Crippen molar-refractivity contribution < 1.29 is 0 Å². The van der Waals surface area contributed by atoms with Crippen molar-refractivity contribution in [2.75, 3.05) is 5.32 Å². The first-order valence-electron chi connectivity index (χ1n) is 8.46. The van der Waals surface area contributed by atoms with Crippen LogP contribution >= 0.6 is 15.9 Å². The first-order chi connectivity index (χ1) is 13.7. The number of pyridine rings is 2. The third kappa shape index (κ3) is 2.98. The van der Waals surface area contributed by atoms with Crippen LogP contribution in [-0.2, 0) is 6.54 Å².